The zero-order valence-electron chi connectivity index (χ0n) is 19.5. The van der Waals surface area contributed by atoms with Crippen LogP contribution in [0, 0.1) is 6.92 Å². The van der Waals surface area contributed by atoms with Crippen LogP contribution in [-0.4, -0.2) is 59.9 Å². The molecule has 1 aliphatic rings. The molecule has 0 saturated carbocycles. The summed E-state index contributed by atoms with van der Waals surface area (Å²) < 4.78 is 5.67. The minimum absolute atomic E-state index is 0.0305. The van der Waals surface area contributed by atoms with Crippen LogP contribution in [0.5, 0.6) is 5.75 Å². The van der Waals surface area contributed by atoms with E-state index in [4.69, 9.17) is 4.74 Å². The van der Waals surface area contributed by atoms with Crippen LogP contribution in [0.4, 0.5) is 0 Å². The number of carbonyl (C=O) groups is 2. The molecule has 3 rings (SSSR count). The number of amides is 1. The summed E-state index contributed by atoms with van der Waals surface area (Å²) in [6.07, 6.45) is 0.756. The Morgan fingerprint density at radius 1 is 1.09 bits per heavy atom. The van der Waals surface area contributed by atoms with Crippen molar-refractivity contribution in [2.24, 2.45) is 0 Å². The molecule has 1 heterocycles. The predicted molar refractivity (Wildman–Crippen MR) is 126 cm³/mol. The number of likely N-dealkylation sites (tertiary alicyclic amines) is 1. The van der Waals surface area contributed by atoms with Gasteiger partial charge in [-0.1, -0.05) is 24.3 Å². The van der Waals surface area contributed by atoms with Crippen LogP contribution in [-0.2, 0) is 9.59 Å². The van der Waals surface area contributed by atoms with Crippen molar-refractivity contribution in [3.63, 3.8) is 0 Å². The first kappa shape index (κ1) is 23.5. The van der Waals surface area contributed by atoms with Gasteiger partial charge in [0.15, 0.2) is 0 Å². The molecule has 1 fully saturated rings. The van der Waals surface area contributed by atoms with Crippen molar-refractivity contribution in [3.8, 4) is 5.75 Å². The third-order valence-corrected chi connectivity index (χ3v) is 5.53. The van der Waals surface area contributed by atoms with Gasteiger partial charge in [-0.2, -0.15) is 0 Å². The molecule has 2 aromatic carbocycles. The molecule has 2 aromatic rings. The fourth-order valence-electron chi connectivity index (χ4n) is 4.00. The average molecular weight is 437 g/mol. The van der Waals surface area contributed by atoms with Crippen molar-refractivity contribution in [2.45, 2.75) is 39.3 Å². The number of Topliss-reactive ketones (excluding diaryl/α,β-unsaturated/α-hetero) is 1. The number of aliphatic hydroxyl groups is 1. The van der Waals surface area contributed by atoms with Crippen LogP contribution in [0.1, 0.15) is 43.0 Å². The maximum absolute atomic E-state index is 13.1. The fourth-order valence-corrected chi connectivity index (χ4v) is 4.00. The zero-order chi connectivity index (χ0) is 23.4. The van der Waals surface area contributed by atoms with E-state index < -0.39 is 17.7 Å². The molecule has 32 heavy (non-hydrogen) atoms. The molecule has 1 aliphatic heterocycles. The Kier molecular flexibility index (Phi) is 7.36. The molecule has 6 nitrogen and oxygen atoms in total. The number of carbonyl (C=O) groups excluding carboxylic acids is 2. The quantitative estimate of drug-likeness (QED) is 0.382. The molecule has 1 unspecified atom stereocenters. The van der Waals surface area contributed by atoms with E-state index in [0.29, 0.717) is 17.9 Å². The summed E-state index contributed by atoms with van der Waals surface area (Å²) in [6, 6.07) is 14.0. The molecular formula is C26H32N2O4. The number of benzene rings is 2. The summed E-state index contributed by atoms with van der Waals surface area (Å²) >= 11 is 0. The number of ether oxygens (including phenoxy) is 1. The number of nitrogens with zero attached hydrogens (tertiary/aromatic N) is 2. The van der Waals surface area contributed by atoms with Crippen LogP contribution in [0.15, 0.2) is 54.1 Å². The van der Waals surface area contributed by atoms with E-state index in [0.717, 1.165) is 24.1 Å². The average Bonchev–Trinajstić information content (AvgIpc) is 2.98. The van der Waals surface area contributed by atoms with E-state index in [1.165, 1.54) is 0 Å². The first-order chi connectivity index (χ1) is 15.2. The van der Waals surface area contributed by atoms with Gasteiger partial charge in [0.05, 0.1) is 17.7 Å². The molecule has 0 bridgehead atoms. The normalized spacial score (nSPS) is 18.1. The lowest BCUT2D eigenvalue weighted by atomic mass is 9.92. The topological polar surface area (TPSA) is 70.1 Å². The molecule has 6 heteroatoms. The minimum atomic E-state index is -0.650. The van der Waals surface area contributed by atoms with Crippen LogP contribution >= 0.6 is 0 Å². The Balaban J connectivity index is 2.05. The molecule has 1 amide bonds. The lowest BCUT2D eigenvalue weighted by Gasteiger charge is -2.27. The van der Waals surface area contributed by atoms with Crippen molar-refractivity contribution in [2.75, 3.05) is 27.2 Å². The third kappa shape index (κ3) is 5.02. The number of rotatable bonds is 8. The summed E-state index contributed by atoms with van der Waals surface area (Å²) in [5.74, 6) is -0.708. The summed E-state index contributed by atoms with van der Waals surface area (Å²) in [6.45, 7) is 7.05. The molecule has 0 spiro atoms. The molecule has 1 N–H and O–H groups in total. The number of aryl methyl sites for hydroxylation is 1. The second kappa shape index (κ2) is 10.0. The highest BCUT2D eigenvalue weighted by molar-refractivity contribution is 6.46. The lowest BCUT2D eigenvalue weighted by molar-refractivity contribution is -0.139. The number of ketones is 1. The number of hydrogen-bond acceptors (Lipinski definition) is 5. The maximum Gasteiger partial charge on any atom is 0.295 e. The number of aliphatic hydroxyl groups excluding tert-OH is 1. The van der Waals surface area contributed by atoms with Crippen molar-refractivity contribution >= 4 is 17.4 Å². The van der Waals surface area contributed by atoms with E-state index >= 15 is 0 Å². The summed E-state index contributed by atoms with van der Waals surface area (Å²) in [7, 11) is 3.94. The van der Waals surface area contributed by atoms with Gasteiger partial charge in [0.25, 0.3) is 11.7 Å². The van der Waals surface area contributed by atoms with E-state index in [9.17, 15) is 14.7 Å². The van der Waals surface area contributed by atoms with Crippen LogP contribution in [0.3, 0.4) is 0 Å². The Hall–Kier alpha value is -3.12. The van der Waals surface area contributed by atoms with Crippen molar-refractivity contribution < 1.29 is 19.4 Å². The smallest absolute Gasteiger partial charge is 0.295 e. The summed E-state index contributed by atoms with van der Waals surface area (Å²) in [4.78, 5) is 29.7. The van der Waals surface area contributed by atoms with Crippen LogP contribution in [0.2, 0.25) is 0 Å². The molecule has 1 saturated heterocycles. The Morgan fingerprint density at radius 2 is 1.75 bits per heavy atom. The minimum Gasteiger partial charge on any atom is -0.507 e. The van der Waals surface area contributed by atoms with E-state index in [-0.39, 0.29) is 17.4 Å². The largest absolute Gasteiger partial charge is 0.507 e. The van der Waals surface area contributed by atoms with E-state index in [2.05, 4.69) is 0 Å². The van der Waals surface area contributed by atoms with Gasteiger partial charge in [0.2, 0.25) is 0 Å². The second-order valence-corrected chi connectivity index (χ2v) is 8.70. The summed E-state index contributed by atoms with van der Waals surface area (Å²) in [5.41, 5.74) is 2.42. The van der Waals surface area contributed by atoms with Crippen molar-refractivity contribution in [1.29, 1.82) is 0 Å². The highest BCUT2D eigenvalue weighted by atomic mass is 16.5. The first-order valence-electron chi connectivity index (χ1n) is 11.0. The maximum atomic E-state index is 13.1. The van der Waals surface area contributed by atoms with Gasteiger partial charge >= 0.3 is 0 Å². The lowest BCUT2D eigenvalue weighted by Crippen LogP contribution is -2.32. The highest BCUT2D eigenvalue weighted by Gasteiger charge is 2.46. The van der Waals surface area contributed by atoms with Gasteiger partial charge in [-0.15, -0.1) is 0 Å². The third-order valence-electron chi connectivity index (χ3n) is 5.53. The molecule has 0 aliphatic carbocycles. The van der Waals surface area contributed by atoms with E-state index in [1.54, 1.807) is 29.2 Å². The summed E-state index contributed by atoms with van der Waals surface area (Å²) in [5, 5.41) is 11.2. The van der Waals surface area contributed by atoms with Crippen LogP contribution in [0.25, 0.3) is 5.76 Å². The molecule has 0 radical (unpaired) electrons. The van der Waals surface area contributed by atoms with Gasteiger partial charge in [-0.3, -0.25) is 9.59 Å². The standard InChI is InChI=1S/C26H32N2O4/c1-17(2)32-20-13-11-19(12-14-20)24(29)22-23(21-10-7-6-9-18(21)3)28(26(31)25(22)30)16-8-15-27(4)5/h6-7,9-14,17,23,29H,8,15-16H2,1-5H3/b24-22-. The van der Waals surface area contributed by atoms with Gasteiger partial charge in [0.1, 0.15) is 11.5 Å². The van der Waals surface area contributed by atoms with Crippen molar-refractivity contribution in [1.82, 2.24) is 9.80 Å². The zero-order valence-corrected chi connectivity index (χ0v) is 19.5. The highest BCUT2D eigenvalue weighted by Crippen LogP contribution is 2.40. The first-order valence-corrected chi connectivity index (χ1v) is 11.0. The van der Waals surface area contributed by atoms with Gasteiger partial charge in [0, 0.05) is 12.1 Å². The predicted octanol–water partition coefficient (Wildman–Crippen LogP) is 4.16. The Labute approximate surface area is 190 Å². The monoisotopic (exact) mass is 436 g/mol. The SMILES string of the molecule is Cc1ccccc1C1/C(=C(/O)c2ccc(OC(C)C)cc2)C(=O)C(=O)N1CCCN(C)C. The van der Waals surface area contributed by atoms with Crippen molar-refractivity contribution in [3.05, 3.63) is 70.8 Å². The molecule has 170 valence electrons. The molecule has 0 aromatic heterocycles. The Bertz CT molecular complexity index is 1010. The molecular weight excluding hydrogens is 404 g/mol. The fraction of sp³-hybridized carbons (Fsp3) is 0.385. The van der Waals surface area contributed by atoms with Gasteiger partial charge < -0.3 is 19.6 Å². The van der Waals surface area contributed by atoms with E-state index in [1.807, 2.05) is 64.0 Å². The molecule has 1 atom stereocenters. The van der Waals surface area contributed by atoms with Gasteiger partial charge in [-0.25, -0.2) is 0 Å². The Morgan fingerprint density at radius 3 is 2.34 bits per heavy atom. The van der Waals surface area contributed by atoms with Gasteiger partial charge in [-0.05, 0) is 83.2 Å². The number of hydrogen-bond donors (Lipinski definition) is 1. The van der Waals surface area contributed by atoms with Crippen LogP contribution < -0.4 is 4.74 Å². The second-order valence-electron chi connectivity index (χ2n) is 8.70.